The molecule has 1 aromatic heterocycles. The lowest BCUT2D eigenvalue weighted by atomic mass is 9.95. The second kappa shape index (κ2) is 7.60. The fraction of sp³-hybridized carbons (Fsp3) is 0.450. The van der Waals surface area contributed by atoms with Crippen molar-refractivity contribution >= 4 is 0 Å². The first-order valence-corrected chi connectivity index (χ1v) is 8.62. The van der Waals surface area contributed by atoms with Gasteiger partial charge < -0.3 is 4.74 Å². The summed E-state index contributed by atoms with van der Waals surface area (Å²) < 4.78 is 5.78. The monoisotopic (exact) mass is 310 g/mol. The summed E-state index contributed by atoms with van der Waals surface area (Å²) in [6.07, 6.45) is 5.83. The molecule has 1 unspecified atom stereocenters. The predicted octanol–water partition coefficient (Wildman–Crippen LogP) is 4.60. The third-order valence-electron chi connectivity index (χ3n) is 4.58. The zero-order valence-electron chi connectivity index (χ0n) is 14.1. The highest BCUT2D eigenvalue weighted by molar-refractivity contribution is 5.22. The van der Waals surface area contributed by atoms with Gasteiger partial charge >= 0.3 is 0 Å². The number of likely N-dealkylation sites (tertiary alicyclic amines) is 1. The molecule has 2 heterocycles. The van der Waals surface area contributed by atoms with E-state index in [9.17, 15) is 0 Å². The molecule has 23 heavy (non-hydrogen) atoms. The first-order chi connectivity index (χ1) is 11.2. The van der Waals surface area contributed by atoms with E-state index in [1.54, 1.807) is 0 Å². The molecule has 1 atom stereocenters. The minimum atomic E-state index is 0.499. The topological polar surface area (TPSA) is 25.4 Å². The van der Waals surface area contributed by atoms with Crippen molar-refractivity contribution in [3.05, 3.63) is 59.8 Å². The van der Waals surface area contributed by atoms with E-state index in [0.29, 0.717) is 24.6 Å². The van der Waals surface area contributed by atoms with E-state index in [0.717, 1.165) is 5.56 Å². The SMILES string of the molecule is CC(C)N1CCCCC1c1ccc(OCc2ccccc2)nc1. The highest BCUT2D eigenvalue weighted by Crippen LogP contribution is 2.32. The van der Waals surface area contributed by atoms with Gasteiger partial charge in [0.05, 0.1) is 0 Å². The van der Waals surface area contributed by atoms with Gasteiger partial charge in [-0.2, -0.15) is 0 Å². The zero-order chi connectivity index (χ0) is 16.1. The Morgan fingerprint density at radius 1 is 1.13 bits per heavy atom. The van der Waals surface area contributed by atoms with Gasteiger partial charge in [-0.1, -0.05) is 42.8 Å². The number of aromatic nitrogens is 1. The molecule has 122 valence electrons. The molecule has 1 aliphatic rings. The van der Waals surface area contributed by atoms with Gasteiger partial charge in [-0.25, -0.2) is 4.98 Å². The predicted molar refractivity (Wildman–Crippen MR) is 93.4 cm³/mol. The number of hydrogen-bond acceptors (Lipinski definition) is 3. The quantitative estimate of drug-likeness (QED) is 0.807. The number of hydrogen-bond donors (Lipinski definition) is 0. The zero-order valence-corrected chi connectivity index (χ0v) is 14.1. The summed E-state index contributed by atoms with van der Waals surface area (Å²) in [4.78, 5) is 7.10. The van der Waals surface area contributed by atoms with Crippen molar-refractivity contribution in [1.29, 1.82) is 0 Å². The smallest absolute Gasteiger partial charge is 0.213 e. The molecule has 3 nitrogen and oxygen atoms in total. The highest BCUT2D eigenvalue weighted by Gasteiger charge is 2.25. The van der Waals surface area contributed by atoms with E-state index >= 15 is 0 Å². The number of rotatable bonds is 5. The van der Waals surface area contributed by atoms with Crippen LogP contribution in [-0.4, -0.2) is 22.5 Å². The molecule has 1 saturated heterocycles. The average Bonchev–Trinajstić information content (AvgIpc) is 2.61. The van der Waals surface area contributed by atoms with E-state index in [4.69, 9.17) is 4.74 Å². The molecule has 1 fully saturated rings. The number of piperidine rings is 1. The number of nitrogens with zero attached hydrogens (tertiary/aromatic N) is 2. The summed E-state index contributed by atoms with van der Waals surface area (Å²) in [5, 5.41) is 0. The molecule has 0 N–H and O–H groups in total. The summed E-state index contributed by atoms with van der Waals surface area (Å²) in [7, 11) is 0. The Bertz CT molecular complexity index is 595. The maximum Gasteiger partial charge on any atom is 0.213 e. The standard InChI is InChI=1S/C20H26N2O/c1-16(2)22-13-7-6-10-19(22)18-11-12-20(21-14-18)23-15-17-8-4-3-5-9-17/h3-5,8-9,11-12,14,16,19H,6-7,10,13,15H2,1-2H3. The summed E-state index contributed by atoms with van der Waals surface area (Å²) in [5.41, 5.74) is 2.47. The van der Waals surface area contributed by atoms with Crippen molar-refractivity contribution in [1.82, 2.24) is 9.88 Å². The van der Waals surface area contributed by atoms with Gasteiger partial charge in [-0.15, -0.1) is 0 Å². The van der Waals surface area contributed by atoms with Crippen molar-refractivity contribution in [2.24, 2.45) is 0 Å². The van der Waals surface area contributed by atoms with Gasteiger partial charge in [0.15, 0.2) is 0 Å². The third-order valence-corrected chi connectivity index (χ3v) is 4.58. The molecule has 1 aliphatic heterocycles. The van der Waals surface area contributed by atoms with Gasteiger partial charge in [0.1, 0.15) is 6.61 Å². The van der Waals surface area contributed by atoms with Crippen LogP contribution in [-0.2, 0) is 6.61 Å². The van der Waals surface area contributed by atoms with Crippen molar-refractivity contribution < 1.29 is 4.74 Å². The number of benzene rings is 1. The van der Waals surface area contributed by atoms with E-state index in [-0.39, 0.29) is 0 Å². The second-order valence-corrected chi connectivity index (χ2v) is 6.55. The maximum absolute atomic E-state index is 5.78. The van der Waals surface area contributed by atoms with Gasteiger partial charge in [0.25, 0.3) is 0 Å². The van der Waals surface area contributed by atoms with Crippen molar-refractivity contribution in [3.8, 4) is 5.88 Å². The molecular formula is C20H26N2O. The van der Waals surface area contributed by atoms with E-state index in [2.05, 4.69) is 41.9 Å². The molecule has 0 radical (unpaired) electrons. The first kappa shape index (κ1) is 16.0. The molecule has 0 amide bonds. The van der Waals surface area contributed by atoms with E-state index in [1.165, 1.54) is 31.4 Å². The van der Waals surface area contributed by atoms with Crippen LogP contribution >= 0.6 is 0 Å². The van der Waals surface area contributed by atoms with Gasteiger partial charge in [0.2, 0.25) is 5.88 Å². The Morgan fingerprint density at radius 3 is 2.65 bits per heavy atom. The second-order valence-electron chi connectivity index (χ2n) is 6.55. The van der Waals surface area contributed by atoms with Crippen LogP contribution in [0.4, 0.5) is 0 Å². The van der Waals surface area contributed by atoms with Crippen molar-refractivity contribution in [2.75, 3.05) is 6.54 Å². The maximum atomic E-state index is 5.78. The van der Waals surface area contributed by atoms with Crippen LogP contribution in [0.2, 0.25) is 0 Å². The van der Waals surface area contributed by atoms with Crippen LogP contribution in [0.5, 0.6) is 5.88 Å². The number of ether oxygens (including phenoxy) is 1. The Morgan fingerprint density at radius 2 is 1.96 bits per heavy atom. The normalized spacial score (nSPS) is 19.0. The van der Waals surface area contributed by atoms with Crippen molar-refractivity contribution in [3.63, 3.8) is 0 Å². The summed E-state index contributed by atoms with van der Waals surface area (Å²) in [6, 6.07) is 15.5. The van der Waals surface area contributed by atoms with E-state index in [1.807, 2.05) is 30.5 Å². The van der Waals surface area contributed by atoms with Crippen LogP contribution in [0.3, 0.4) is 0 Å². The lowest BCUT2D eigenvalue weighted by Gasteiger charge is -2.38. The van der Waals surface area contributed by atoms with Crippen LogP contribution < -0.4 is 4.74 Å². The first-order valence-electron chi connectivity index (χ1n) is 8.62. The molecule has 1 aromatic carbocycles. The van der Waals surface area contributed by atoms with Gasteiger partial charge in [-0.3, -0.25) is 4.90 Å². The third kappa shape index (κ3) is 4.11. The fourth-order valence-corrected chi connectivity index (χ4v) is 3.34. The van der Waals surface area contributed by atoms with Crippen LogP contribution in [0, 0.1) is 0 Å². The van der Waals surface area contributed by atoms with Crippen LogP contribution in [0.1, 0.15) is 50.3 Å². The highest BCUT2D eigenvalue weighted by atomic mass is 16.5. The molecular weight excluding hydrogens is 284 g/mol. The Balaban J connectivity index is 1.64. The van der Waals surface area contributed by atoms with Crippen LogP contribution in [0.15, 0.2) is 48.7 Å². The van der Waals surface area contributed by atoms with Crippen molar-refractivity contribution in [2.45, 2.75) is 51.8 Å². The number of pyridine rings is 1. The molecule has 3 rings (SSSR count). The Hall–Kier alpha value is -1.87. The average molecular weight is 310 g/mol. The van der Waals surface area contributed by atoms with Gasteiger partial charge in [-0.05, 0) is 44.4 Å². The van der Waals surface area contributed by atoms with E-state index < -0.39 is 0 Å². The molecule has 0 bridgehead atoms. The largest absolute Gasteiger partial charge is 0.473 e. The van der Waals surface area contributed by atoms with Gasteiger partial charge in [0, 0.05) is 24.3 Å². The lowest BCUT2D eigenvalue weighted by Crippen LogP contribution is -2.38. The molecule has 0 saturated carbocycles. The lowest BCUT2D eigenvalue weighted by molar-refractivity contribution is 0.111. The van der Waals surface area contributed by atoms with Crippen LogP contribution in [0.25, 0.3) is 0 Å². The molecule has 3 heteroatoms. The minimum Gasteiger partial charge on any atom is -0.473 e. The fourth-order valence-electron chi connectivity index (χ4n) is 3.34. The summed E-state index contributed by atoms with van der Waals surface area (Å²) >= 11 is 0. The summed E-state index contributed by atoms with van der Waals surface area (Å²) in [6.45, 7) is 6.31. The molecule has 0 aliphatic carbocycles. The molecule has 2 aromatic rings. The summed E-state index contributed by atoms with van der Waals surface area (Å²) in [5.74, 6) is 0.699. The minimum absolute atomic E-state index is 0.499. The molecule has 0 spiro atoms. The Labute approximate surface area is 139 Å². The Kier molecular flexibility index (Phi) is 5.29.